The molecular formula is C7H11NO6. The minimum Gasteiger partial charge on any atom is -0.480 e. The molecule has 0 amide bonds. The van der Waals surface area contributed by atoms with Crippen LogP contribution in [0.2, 0.25) is 0 Å². The van der Waals surface area contributed by atoms with Crippen molar-refractivity contribution in [3.63, 3.8) is 0 Å². The van der Waals surface area contributed by atoms with Gasteiger partial charge in [0.05, 0.1) is 6.54 Å². The van der Waals surface area contributed by atoms with Crippen LogP contribution >= 0.6 is 0 Å². The van der Waals surface area contributed by atoms with Crippen molar-refractivity contribution >= 4 is 17.9 Å². The van der Waals surface area contributed by atoms with Gasteiger partial charge in [-0.05, 0) is 6.92 Å². The van der Waals surface area contributed by atoms with Gasteiger partial charge in [-0.1, -0.05) is 0 Å². The molecule has 0 rings (SSSR count). The molecule has 5 N–H and O–H groups in total. The Balaban J connectivity index is 0. The molecule has 0 bridgehead atoms. The first-order chi connectivity index (χ1) is 6.31. The maximum Gasteiger partial charge on any atom is 0.331 e. The van der Waals surface area contributed by atoms with Gasteiger partial charge in [0.2, 0.25) is 0 Å². The van der Waals surface area contributed by atoms with Gasteiger partial charge < -0.3 is 21.1 Å². The highest BCUT2D eigenvalue weighted by atomic mass is 16.4. The molecule has 0 radical (unpaired) electrons. The fourth-order valence-electron chi connectivity index (χ4n) is 0.247. The number of aliphatic carboxylic acids is 3. The van der Waals surface area contributed by atoms with Crippen molar-refractivity contribution in [2.75, 3.05) is 6.54 Å². The van der Waals surface area contributed by atoms with Gasteiger partial charge in [-0.15, -0.1) is 0 Å². The van der Waals surface area contributed by atoms with E-state index in [4.69, 9.17) is 15.3 Å². The second kappa shape index (κ2) is 7.74. The van der Waals surface area contributed by atoms with Crippen molar-refractivity contribution < 1.29 is 29.7 Å². The smallest absolute Gasteiger partial charge is 0.331 e. The van der Waals surface area contributed by atoms with Crippen molar-refractivity contribution in [1.29, 1.82) is 0 Å². The second-order valence-electron chi connectivity index (χ2n) is 2.07. The van der Waals surface area contributed by atoms with Crippen molar-refractivity contribution in [2.24, 2.45) is 5.73 Å². The Kier molecular flexibility index (Phi) is 8.09. The zero-order chi connectivity index (χ0) is 11.7. The number of hydrogen-bond donors (Lipinski definition) is 4. The molecule has 0 fully saturated rings. The van der Waals surface area contributed by atoms with E-state index in [9.17, 15) is 14.4 Å². The van der Waals surface area contributed by atoms with Crippen LogP contribution in [0.4, 0.5) is 0 Å². The van der Waals surface area contributed by atoms with E-state index >= 15 is 0 Å². The Morgan fingerprint density at radius 3 is 1.64 bits per heavy atom. The molecule has 0 saturated heterocycles. The molecule has 0 saturated carbocycles. The van der Waals surface area contributed by atoms with Crippen LogP contribution in [0.5, 0.6) is 0 Å². The number of carboxylic acids is 3. The van der Waals surface area contributed by atoms with Gasteiger partial charge in [0, 0.05) is 11.6 Å². The van der Waals surface area contributed by atoms with Crippen molar-refractivity contribution in [1.82, 2.24) is 0 Å². The Morgan fingerprint density at radius 1 is 1.21 bits per heavy atom. The number of rotatable bonds is 3. The molecule has 14 heavy (non-hydrogen) atoms. The molecule has 0 aliphatic heterocycles. The molecule has 0 aromatic rings. The molecule has 0 unspecified atom stereocenters. The summed E-state index contributed by atoms with van der Waals surface area (Å²) in [5.74, 6) is -3.42. The van der Waals surface area contributed by atoms with Gasteiger partial charge in [-0.25, -0.2) is 9.59 Å². The quantitative estimate of drug-likeness (QED) is 0.439. The Hall–Kier alpha value is -1.89. The number of nitrogens with two attached hydrogens (primary N) is 1. The predicted octanol–water partition coefficient (Wildman–Crippen LogP) is -0.868. The molecule has 0 aliphatic rings. The summed E-state index contributed by atoms with van der Waals surface area (Å²) in [5, 5.41) is 23.7. The zero-order valence-electron chi connectivity index (χ0n) is 7.43. The van der Waals surface area contributed by atoms with E-state index in [1.54, 1.807) is 0 Å². The van der Waals surface area contributed by atoms with Crippen LogP contribution in [-0.2, 0) is 14.4 Å². The summed E-state index contributed by atoms with van der Waals surface area (Å²) in [6.07, 6.45) is 0.641. The third kappa shape index (κ3) is 12.8. The van der Waals surface area contributed by atoms with E-state index in [2.05, 4.69) is 5.73 Å². The van der Waals surface area contributed by atoms with E-state index in [-0.39, 0.29) is 12.1 Å². The van der Waals surface area contributed by atoms with Crippen molar-refractivity contribution in [3.8, 4) is 0 Å². The summed E-state index contributed by atoms with van der Waals surface area (Å²) < 4.78 is 0. The van der Waals surface area contributed by atoms with Crippen LogP contribution in [0.1, 0.15) is 6.92 Å². The molecule has 7 heteroatoms. The standard InChI is InChI=1S/C5H6O4.C2H5NO2/c1-3(5(8)9)2-4(6)7;3-1-2(4)5/h2H,1H3,(H,6,7)(H,8,9);1,3H2,(H,4,5)/b3-2+;. The molecule has 0 heterocycles. The van der Waals surface area contributed by atoms with E-state index in [0.717, 1.165) is 0 Å². The lowest BCUT2D eigenvalue weighted by Gasteiger charge is -1.86. The normalized spacial score (nSPS) is 9.71. The molecule has 0 aromatic heterocycles. The largest absolute Gasteiger partial charge is 0.480 e. The lowest BCUT2D eigenvalue weighted by molar-refractivity contribution is -0.135. The maximum atomic E-state index is 9.90. The Bertz CT molecular complexity index is 257. The highest BCUT2D eigenvalue weighted by Crippen LogP contribution is 1.89. The van der Waals surface area contributed by atoms with Gasteiger partial charge in [-0.3, -0.25) is 4.79 Å². The summed E-state index contributed by atoms with van der Waals surface area (Å²) in [7, 11) is 0. The number of carboxylic acid groups (broad SMARTS) is 3. The van der Waals surface area contributed by atoms with Crippen LogP contribution < -0.4 is 5.73 Å². The molecule has 7 nitrogen and oxygen atoms in total. The first-order valence-electron chi connectivity index (χ1n) is 3.37. The van der Waals surface area contributed by atoms with Crippen LogP contribution in [0.15, 0.2) is 11.6 Å². The fraction of sp³-hybridized carbons (Fsp3) is 0.286. The molecule has 0 atom stereocenters. The topological polar surface area (TPSA) is 138 Å². The molecule has 0 aliphatic carbocycles. The number of hydrogen-bond acceptors (Lipinski definition) is 4. The zero-order valence-corrected chi connectivity index (χ0v) is 7.43. The highest BCUT2D eigenvalue weighted by Gasteiger charge is 2.00. The van der Waals surface area contributed by atoms with Gasteiger partial charge in [0.25, 0.3) is 0 Å². The van der Waals surface area contributed by atoms with Crippen LogP contribution in [0.25, 0.3) is 0 Å². The summed E-state index contributed by atoms with van der Waals surface area (Å²) in [6.45, 7) is 0.941. The summed E-state index contributed by atoms with van der Waals surface area (Å²) >= 11 is 0. The average Bonchev–Trinajstić information content (AvgIpc) is 2.04. The van der Waals surface area contributed by atoms with E-state index in [0.29, 0.717) is 6.08 Å². The summed E-state index contributed by atoms with van der Waals surface area (Å²) in [4.78, 5) is 28.9. The lowest BCUT2D eigenvalue weighted by Crippen LogP contribution is -2.10. The van der Waals surface area contributed by atoms with Crippen LogP contribution in [-0.4, -0.2) is 39.8 Å². The van der Waals surface area contributed by atoms with Gasteiger partial charge in [-0.2, -0.15) is 0 Å². The van der Waals surface area contributed by atoms with Gasteiger partial charge >= 0.3 is 17.9 Å². The molecule has 0 spiro atoms. The third-order valence-electron chi connectivity index (χ3n) is 0.852. The molecule has 80 valence electrons. The van der Waals surface area contributed by atoms with Crippen molar-refractivity contribution in [2.45, 2.75) is 6.92 Å². The predicted molar refractivity (Wildman–Crippen MR) is 45.7 cm³/mol. The van der Waals surface area contributed by atoms with Crippen LogP contribution in [0.3, 0.4) is 0 Å². The van der Waals surface area contributed by atoms with Crippen molar-refractivity contribution in [3.05, 3.63) is 11.6 Å². The first kappa shape index (κ1) is 14.6. The molecular weight excluding hydrogens is 194 g/mol. The second-order valence-corrected chi connectivity index (χ2v) is 2.07. The van der Waals surface area contributed by atoms with Gasteiger partial charge in [0.15, 0.2) is 0 Å². The Morgan fingerprint density at radius 2 is 1.57 bits per heavy atom. The van der Waals surface area contributed by atoms with Crippen LogP contribution in [0, 0.1) is 0 Å². The fourth-order valence-corrected chi connectivity index (χ4v) is 0.247. The summed E-state index contributed by atoms with van der Waals surface area (Å²) in [6, 6.07) is 0. The monoisotopic (exact) mass is 205 g/mol. The van der Waals surface area contributed by atoms with Gasteiger partial charge in [0.1, 0.15) is 0 Å². The summed E-state index contributed by atoms with van der Waals surface area (Å²) in [5.41, 5.74) is 4.39. The SMILES string of the molecule is C/C(=C\C(=O)O)C(=O)O.NCC(=O)O. The highest BCUT2D eigenvalue weighted by molar-refractivity contribution is 5.93. The number of carbonyl (C=O) groups is 3. The minimum absolute atomic E-state index is 0.178. The first-order valence-corrected chi connectivity index (χ1v) is 3.37. The molecule has 0 aromatic carbocycles. The van der Waals surface area contributed by atoms with E-state index in [1.165, 1.54) is 6.92 Å². The average molecular weight is 205 g/mol. The lowest BCUT2D eigenvalue weighted by atomic mass is 10.3. The maximum absolute atomic E-state index is 9.90. The Labute approximate surface area is 79.5 Å². The van der Waals surface area contributed by atoms with E-state index < -0.39 is 17.9 Å². The van der Waals surface area contributed by atoms with E-state index in [1.807, 2.05) is 0 Å². The third-order valence-corrected chi connectivity index (χ3v) is 0.852. The minimum atomic E-state index is -1.24.